The normalized spacial score (nSPS) is 10.5. The van der Waals surface area contributed by atoms with Gasteiger partial charge in [-0.3, -0.25) is 0 Å². The Morgan fingerprint density at radius 2 is 2.29 bits per heavy atom. The molecule has 0 bridgehead atoms. The molecule has 0 aliphatic rings. The smallest absolute Gasteiger partial charge is 0.341 e. The van der Waals surface area contributed by atoms with Gasteiger partial charge < -0.3 is 9.47 Å². The van der Waals surface area contributed by atoms with E-state index in [0.29, 0.717) is 12.2 Å². The first-order chi connectivity index (χ1) is 8.17. The molecule has 2 aromatic heterocycles. The van der Waals surface area contributed by atoms with Gasteiger partial charge in [0.2, 0.25) is 0 Å². The van der Waals surface area contributed by atoms with Crippen LogP contribution in [0.4, 0.5) is 0 Å². The molecular formula is C12H14N2O3. The van der Waals surface area contributed by atoms with Crippen molar-refractivity contribution in [2.75, 3.05) is 13.7 Å². The molecule has 5 heteroatoms. The molecule has 0 aromatic carbocycles. The first-order valence-corrected chi connectivity index (χ1v) is 5.36. The van der Waals surface area contributed by atoms with Gasteiger partial charge in [-0.25, -0.2) is 9.31 Å². The highest BCUT2D eigenvalue weighted by atomic mass is 16.5. The monoisotopic (exact) mass is 234 g/mol. The van der Waals surface area contributed by atoms with Gasteiger partial charge in [0, 0.05) is 0 Å². The van der Waals surface area contributed by atoms with Gasteiger partial charge in [-0.15, -0.1) is 0 Å². The molecule has 0 atom stereocenters. The number of aryl methyl sites for hydroxylation is 1. The zero-order valence-electron chi connectivity index (χ0n) is 10.1. The van der Waals surface area contributed by atoms with Crippen molar-refractivity contribution in [3.05, 3.63) is 29.6 Å². The fourth-order valence-electron chi connectivity index (χ4n) is 1.69. The van der Waals surface area contributed by atoms with E-state index in [-0.39, 0.29) is 5.97 Å². The van der Waals surface area contributed by atoms with E-state index in [4.69, 9.17) is 9.47 Å². The fraction of sp³-hybridized carbons (Fsp3) is 0.333. The van der Waals surface area contributed by atoms with Crippen LogP contribution in [0.25, 0.3) is 5.52 Å². The largest absolute Gasteiger partial charge is 0.495 e. The Labute approximate surface area is 99.0 Å². The second-order valence-corrected chi connectivity index (χ2v) is 3.63. The van der Waals surface area contributed by atoms with Crippen molar-refractivity contribution in [3.63, 3.8) is 0 Å². The average molecular weight is 234 g/mol. The highest BCUT2D eigenvalue weighted by molar-refractivity contribution is 5.96. The van der Waals surface area contributed by atoms with Crippen molar-refractivity contribution in [2.45, 2.75) is 13.8 Å². The van der Waals surface area contributed by atoms with Crippen LogP contribution >= 0.6 is 0 Å². The molecule has 0 saturated carbocycles. The summed E-state index contributed by atoms with van der Waals surface area (Å²) in [6.45, 7) is 4.05. The minimum Gasteiger partial charge on any atom is -0.495 e. The van der Waals surface area contributed by atoms with Crippen LogP contribution in [0.15, 0.2) is 18.5 Å². The summed E-state index contributed by atoms with van der Waals surface area (Å²) < 4.78 is 11.8. The van der Waals surface area contributed by atoms with Gasteiger partial charge in [-0.1, -0.05) is 0 Å². The summed E-state index contributed by atoms with van der Waals surface area (Å²) in [7, 11) is 1.60. The number of esters is 1. The van der Waals surface area contributed by atoms with Crippen LogP contribution in [0.1, 0.15) is 22.8 Å². The minimum atomic E-state index is -0.355. The molecule has 5 nitrogen and oxygen atoms in total. The Kier molecular flexibility index (Phi) is 2.99. The highest BCUT2D eigenvalue weighted by Crippen LogP contribution is 2.21. The first-order valence-electron chi connectivity index (χ1n) is 5.36. The molecule has 0 spiro atoms. The SMILES string of the molecule is CCOC(=O)c1cnn2cc(OC)c(C)cc12. The molecule has 90 valence electrons. The molecule has 2 heterocycles. The Balaban J connectivity index is 2.54. The lowest BCUT2D eigenvalue weighted by Crippen LogP contribution is -2.04. The molecule has 0 amide bonds. The minimum absolute atomic E-state index is 0.352. The van der Waals surface area contributed by atoms with Crippen LogP contribution in [-0.4, -0.2) is 29.3 Å². The van der Waals surface area contributed by atoms with Gasteiger partial charge >= 0.3 is 5.97 Å². The number of carbonyl (C=O) groups excluding carboxylic acids is 1. The second kappa shape index (κ2) is 4.45. The van der Waals surface area contributed by atoms with Crippen LogP contribution in [-0.2, 0) is 4.74 Å². The molecule has 0 fully saturated rings. The van der Waals surface area contributed by atoms with E-state index in [1.807, 2.05) is 13.0 Å². The molecular weight excluding hydrogens is 220 g/mol. The Hall–Kier alpha value is -2.04. The molecule has 0 aliphatic carbocycles. The maximum absolute atomic E-state index is 11.7. The zero-order chi connectivity index (χ0) is 12.4. The van der Waals surface area contributed by atoms with Crippen LogP contribution in [0.3, 0.4) is 0 Å². The van der Waals surface area contributed by atoms with Gasteiger partial charge in [0.15, 0.2) is 0 Å². The Morgan fingerprint density at radius 1 is 1.53 bits per heavy atom. The first kappa shape index (κ1) is 11.4. The molecule has 0 saturated heterocycles. The van der Waals surface area contributed by atoms with E-state index in [2.05, 4.69) is 5.10 Å². The summed E-state index contributed by atoms with van der Waals surface area (Å²) in [6, 6.07) is 1.86. The van der Waals surface area contributed by atoms with Crippen LogP contribution in [0.5, 0.6) is 5.75 Å². The van der Waals surface area contributed by atoms with Gasteiger partial charge in [-0.2, -0.15) is 5.10 Å². The molecule has 0 unspecified atom stereocenters. The van der Waals surface area contributed by atoms with Crippen LogP contribution in [0.2, 0.25) is 0 Å². The third kappa shape index (κ3) is 1.95. The number of pyridine rings is 1. The Bertz CT molecular complexity index is 560. The van der Waals surface area contributed by atoms with Crippen molar-refractivity contribution in [2.24, 2.45) is 0 Å². The maximum Gasteiger partial charge on any atom is 0.341 e. The lowest BCUT2D eigenvalue weighted by Gasteiger charge is -2.05. The topological polar surface area (TPSA) is 52.8 Å². The van der Waals surface area contributed by atoms with Crippen molar-refractivity contribution < 1.29 is 14.3 Å². The van der Waals surface area contributed by atoms with Crippen LogP contribution in [0, 0.1) is 6.92 Å². The van der Waals surface area contributed by atoms with E-state index in [1.54, 1.807) is 24.7 Å². The van der Waals surface area contributed by atoms with Gasteiger partial charge in [-0.05, 0) is 25.5 Å². The molecule has 2 rings (SSSR count). The van der Waals surface area contributed by atoms with E-state index in [0.717, 1.165) is 16.8 Å². The van der Waals surface area contributed by atoms with E-state index in [9.17, 15) is 4.79 Å². The van der Waals surface area contributed by atoms with Gasteiger partial charge in [0.05, 0.1) is 31.6 Å². The number of fused-ring (bicyclic) bond motifs is 1. The van der Waals surface area contributed by atoms with Gasteiger partial charge in [0.1, 0.15) is 11.3 Å². The summed E-state index contributed by atoms with van der Waals surface area (Å²) in [4.78, 5) is 11.7. The third-order valence-electron chi connectivity index (χ3n) is 2.53. The lowest BCUT2D eigenvalue weighted by molar-refractivity contribution is 0.0528. The third-order valence-corrected chi connectivity index (χ3v) is 2.53. The van der Waals surface area contributed by atoms with Crippen LogP contribution < -0.4 is 4.74 Å². The zero-order valence-corrected chi connectivity index (χ0v) is 10.1. The maximum atomic E-state index is 11.7. The number of hydrogen-bond acceptors (Lipinski definition) is 4. The fourth-order valence-corrected chi connectivity index (χ4v) is 1.69. The molecule has 0 N–H and O–H groups in total. The second-order valence-electron chi connectivity index (χ2n) is 3.63. The van der Waals surface area contributed by atoms with E-state index < -0.39 is 0 Å². The predicted molar refractivity (Wildman–Crippen MR) is 62.4 cm³/mol. The summed E-state index contributed by atoms with van der Waals surface area (Å²) in [5, 5.41) is 4.11. The summed E-state index contributed by atoms with van der Waals surface area (Å²) >= 11 is 0. The summed E-state index contributed by atoms with van der Waals surface area (Å²) in [5.74, 6) is 0.378. The van der Waals surface area contributed by atoms with E-state index >= 15 is 0 Å². The van der Waals surface area contributed by atoms with Crippen molar-refractivity contribution in [1.82, 2.24) is 9.61 Å². The number of aromatic nitrogens is 2. The van der Waals surface area contributed by atoms with Crippen molar-refractivity contribution in [1.29, 1.82) is 0 Å². The quantitative estimate of drug-likeness (QED) is 0.760. The van der Waals surface area contributed by atoms with Crippen molar-refractivity contribution in [3.8, 4) is 5.75 Å². The van der Waals surface area contributed by atoms with Gasteiger partial charge in [0.25, 0.3) is 0 Å². The lowest BCUT2D eigenvalue weighted by atomic mass is 10.2. The standard InChI is InChI=1S/C12H14N2O3/c1-4-17-12(15)9-6-13-14-7-11(16-3)8(2)5-10(9)14/h5-7H,4H2,1-3H3. The summed E-state index contributed by atoms with van der Waals surface area (Å²) in [5.41, 5.74) is 2.14. The molecule has 0 radical (unpaired) electrons. The van der Waals surface area contributed by atoms with Crippen molar-refractivity contribution >= 4 is 11.5 Å². The molecule has 2 aromatic rings. The number of nitrogens with zero attached hydrogens (tertiary/aromatic N) is 2. The molecule has 0 aliphatic heterocycles. The number of hydrogen-bond donors (Lipinski definition) is 0. The number of carbonyl (C=O) groups is 1. The number of methoxy groups -OCH3 is 1. The molecule has 17 heavy (non-hydrogen) atoms. The number of rotatable bonds is 3. The predicted octanol–water partition coefficient (Wildman–Crippen LogP) is 1.83. The summed E-state index contributed by atoms with van der Waals surface area (Å²) in [6.07, 6.45) is 3.25. The number of ether oxygens (including phenoxy) is 2. The van der Waals surface area contributed by atoms with E-state index in [1.165, 1.54) is 6.20 Å². The highest BCUT2D eigenvalue weighted by Gasteiger charge is 2.14. The average Bonchev–Trinajstić information content (AvgIpc) is 2.71. The Morgan fingerprint density at radius 3 is 2.94 bits per heavy atom.